The Bertz CT molecular complexity index is 369. The van der Waals surface area contributed by atoms with E-state index in [2.05, 4.69) is 15.8 Å². The molecule has 0 radical (unpaired) electrons. The first-order valence-electron chi connectivity index (χ1n) is 6.86. The van der Waals surface area contributed by atoms with Crippen LogP contribution in [0, 0.1) is 23.1 Å². The molecule has 0 N–H and O–H groups in total. The molecule has 1 fully saturated rings. The molecule has 0 amide bonds. The SMILES string of the molecule is COC(=O)CCCCCCC1C(=O)CCC1C#[N+][O-]. The molecule has 0 bridgehead atoms. The molecular weight excluding hydrogens is 246 g/mol. The molecule has 5 heteroatoms. The lowest BCUT2D eigenvalue weighted by Crippen LogP contribution is -2.13. The summed E-state index contributed by atoms with van der Waals surface area (Å²) in [6.45, 7) is 0. The van der Waals surface area contributed by atoms with Gasteiger partial charge in [-0.3, -0.25) is 9.59 Å². The Labute approximate surface area is 113 Å². The molecule has 0 heterocycles. The molecule has 1 aliphatic carbocycles. The van der Waals surface area contributed by atoms with Gasteiger partial charge in [0.25, 0.3) is 0 Å². The third-order valence-corrected chi connectivity index (χ3v) is 3.69. The summed E-state index contributed by atoms with van der Waals surface area (Å²) in [5.41, 5.74) is 0. The third-order valence-electron chi connectivity index (χ3n) is 3.69. The molecule has 1 saturated carbocycles. The van der Waals surface area contributed by atoms with E-state index in [0.717, 1.165) is 32.1 Å². The van der Waals surface area contributed by atoms with E-state index in [4.69, 9.17) is 0 Å². The fraction of sp³-hybridized carbons (Fsp3) is 0.786. The van der Waals surface area contributed by atoms with E-state index in [9.17, 15) is 14.8 Å². The highest BCUT2D eigenvalue weighted by Crippen LogP contribution is 2.32. The quantitative estimate of drug-likeness (QED) is 0.404. The van der Waals surface area contributed by atoms with Crippen molar-refractivity contribution in [3.8, 4) is 6.07 Å². The summed E-state index contributed by atoms with van der Waals surface area (Å²) in [5.74, 6) is -0.0959. The van der Waals surface area contributed by atoms with Gasteiger partial charge in [-0.15, -0.1) is 0 Å². The zero-order valence-electron chi connectivity index (χ0n) is 11.4. The first-order valence-corrected chi connectivity index (χ1v) is 6.86. The molecule has 0 saturated heterocycles. The summed E-state index contributed by atoms with van der Waals surface area (Å²) < 4.78 is 4.56. The number of nitrogens with zero attached hydrogens (tertiary/aromatic N) is 1. The van der Waals surface area contributed by atoms with Gasteiger partial charge in [0.05, 0.1) is 7.11 Å². The van der Waals surface area contributed by atoms with Crippen molar-refractivity contribution in [1.29, 1.82) is 0 Å². The van der Waals surface area contributed by atoms with Gasteiger partial charge in [-0.1, -0.05) is 19.3 Å². The number of unbranched alkanes of at least 4 members (excludes halogenated alkanes) is 3. The summed E-state index contributed by atoms with van der Waals surface area (Å²) in [7, 11) is 1.39. The molecule has 1 aliphatic rings. The van der Waals surface area contributed by atoms with Gasteiger partial charge in [-0.05, 0) is 19.3 Å². The first kappa shape index (κ1) is 15.5. The van der Waals surface area contributed by atoms with Crippen molar-refractivity contribution in [3.05, 3.63) is 10.2 Å². The van der Waals surface area contributed by atoms with Gasteiger partial charge in [0, 0.05) is 23.8 Å². The Kier molecular flexibility index (Phi) is 6.94. The highest BCUT2D eigenvalue weighted by atomic mass is 16.5. The number of rotatable bonds is 7. The van der Waals surface area contributed by atoms with E-state index in [1.54, 1.807) is 0 Å². The van der Waals surface area contributed by atoms with E-state index in [-0.39, 0.29) is 23.6 Å². The number of hydrogen-bond acceptors (Lipinski definition) is 4. The van der Waals surface area contributed by atoms with Crippen LogP contribution in [0.15, 0.2) is 0 Å². The van der Waals surface area contributed by atoms with Gasteiger partial charge < -0.3 is 9.94 Å². The molecule has 0 spiro atoms. The van der Waals surface area contributed by atoms with Gasteiger partial charge >= 0.3 is 12.0 Å². The van der Waals surface area contributed by atoms with Crippen LogP contribution in [0.5, 0.6) is 0 Å². The second-order valence-corrected chi connectivity index (χ2v) is 4.97. The molecule has 0 aromatic heterocycles. The van der Waals surface area contributed by atoms with Gasteiger partial charge in [0.15, 0.2) is 0 Å². The lowest BCUT2D eigenvalue weighted by atomic mass is 9.91. The predicted octanol–water partition coefficient (Wildman–Crippen LogP) is 2.93. The van der Waals surface area contributed by atoms with Crippen molar-refractivity contribution in [2.24, 2.45) is 11.8 Å². The zero-order chi connectivity index (χ0) is 14.1. The van der Waals surface area contributed by atoms with E-state index in [1.807, 2.05) is 0 Å². The highest BCUT2D eigenvalue weighted by Gasteiger charge is 2.36. The van der Waals surface area contributed by atoms with Crippen molar-refractivity contribution >= 4 is 11.8 Å². The standard InChI is InChI=1S/C14H21NO4/c1-19-14(17)7-5-3-2-4-6-12-11(10-15-18)8-9-13(12)16/h11-12H,2-9H2,1H3. The fourth-order valence-electron chi connectivity index (χ4n) is 2.58. The minimum absolute atomic E-state index is 0.0710. The molecule has 2 unspecified atom stereocenters. The van der Waals surface area contributed by atoms with Crippen LogP contribution in [-0.2, 0) is 14.3 Å². The monoisotopic (exact) mass is 267 g/mol. The van der Waals surface area contributed by atoms with Crippen molar-refractivity contribution in [2.75, 3.05) is 7.11 Å². The molecule has 1 rings (SSSR count). The second-order valence-electron chi connectivity index (χ2n) is 4.97. The van der Waals surface area contributed by atoms with E-state index in [1.165, 1.54) is 7.11 Å². The van der Waals surface area contributed by atoms with Crippen LogP contribution in [0.4, 0.5) is 0 Å². The Hall–Kier alpha value is -1.57. The molecule has 0 aromatic carbocycles. The fourth-order valence-corrected chi connectivity index (χ4v) is 2.58. The maximum Gasteiger partial charge on any atom is 0.305 e. The van der Waals surface area contributed by atoms with Crippen LogP contribution in [0.2, 0.25) is 0 Å². The molecule has 0 aromatic rings. The highest BCUT2D eigenvalue weighted by molar-refractivity contribution is 5.83. The van der Waals surface area contributed by atoms with Crippen LogP contribution < -0.4 is 0 Å². The van der Waals surface area contributed by atoms with Crippen LogP contribution in [0.1, 0.15) is 51.4 Å². The lowest BCUT2D eigenvalue weighted by Gasteiger charge is -2.09. The number of esters is 1. The van der Waals surface area contributed by atoms with Crippen molar-refractivity contribution in [1.82, 2.24) is 0 Å². The molecule has 106 valence electrons. The maximum atomic E-state index is 11.7. The Balaban J connectivity index is 2.15. The molecule has 19 heavy (non-hydrogen) atoms. The summed E-state index contributed by atoms with van der Waals surface area (Å²) in [6, 6.07) is 2.49. The number of methoxy groups -OCH3 is 1. The van der Waals surface area contributed by atoms with Gasteiger partial charge in [0.2, 0.25) is 0 Å². The zero-order valence-corrected chi connectivity index (χ0v) is 11.4. The predicted molar refractivity (Wildman–Crippen MR) is 71.6 cm³/mol. The number of ether oxygens (including phenoxy) is 1. The first-order chi connectivity index (χ1) is 9.19. The number of ketones is 1. The molecular formula is C14H21NO4. The summed E-state index contributed by atoms with van der Waals surface area (Å²) >= 11 is 0. The van der Waals surface area contributed by atoms with Gasteiger partial charge in [-0.2, -0.15) is 0 Å². The summed E-state index contributed by atoms with van der Waals surface area (Å²) in [6.07, 6.45) is 6.21. The van der Waals surface area contributed by atoms with Gasteiger partial charge in [-0.25, -0.2) is 0 Å². The molecule has 2 atom stereocenters. The van der Waals surface area contributed by atoms with Gasteiger partial charge in [0.1, 0.15) is 11.7 Å². The summed E-state index contributed by atoms with van der Waals surface area (Å²) in [4.78, 5) is 22.6. The third kappa shape index (κ3) is 5.29. The average Bonchev–Trinajstić information content (AvgIpc) is 2.75. The van der Waals surface area contributed by atoms with Crippen LogP contribution in [0.25, 0.3) is 5.01 Å². The number of hydrogen-bond donors (Lipinski definition) is 0. The maximum absolute atomic E-state index is 11.7. The van der Waals surface area contributed by atoms with Crippen molar-refractivity contribution in [3.63, 3.8) is 0 Å². The number of Topliss-reactive ketones (excluding diaryl/α,β-unsaturated/α-hetero) is 1. The van der Waals surface area contributed by atoms with E-state index in [0.29, 0.717) is 19.3 Å². The molecule has 5 nitrogen and oxygen atoms in total. The van der Waals surface area contributed by atoms with Crippen LogP contribution >= 0.6 is 0 Å². The Morgan fingerprint density at radius 2 is 2.16 bits per heavy atom. The summed E-state index contributed by atoms with van der Waals surface area (Å²) in [5, 5.41) is 12.9. The smallest absolute Gasteiger partial charge is 0.305 e. The van der Waals surface area contributed by atoms with Crippen LogP contribution in [-0.4, -0.2) is 18.9 Å². The molecule has 0 aliphatic heterocycles. The van der Waals surface area contributed by atoms with E-state index >= 15 is 0 Å². The number of carbonyl (C=O) groups is 2. The van der Waals surface area contributed by atoms with E-state index < -0.39 is 0 Å². The van der Waals surface area contributed by atoms with Crippen molar-refractivity contribution < 1.29 is 14.3 Å². The average molecular weight is 267 g/mol. The lowest BCUT2D eigenvalue weighted by molar-refractivity contribution is -0.140. The largest absolute Gasteiger partial charge is 0.498 e. The number of carbonyl (C=O) groups excluding carboxylic acids is 2. The normalized spacial score (nSPS) is 21.8. The van der Waals surface area contributed by atoms with Crippen LogP contribution in [0.3, 0.4) is 0 Å². The minimum atomic E-state index is -0.174. The Morgan fingerprint density at radius 3 is 2.84 bits per heavy atom. The second kappa shape index (κ2) is 8.52. The Morgan fingerprint density at radius 1 is 1.42 bits per heavy atom. The topological polar surface area (TPSA) is 70.8 Å². The van der Waals surface area contributed by atoms with Crippen molar-refractivity contribution in [2.45, 2.75) is 51.4 Å². The minimum Gasteiger partial charge on any atom is -0.498 e.